The number of fused-ring (bicyclic) bond motifs is 8. The maximum absolute atomic E-state index is 6.95. The lowest BCUT2D eigenvalue weighted by molar-refractivity contribution is 0.665. The van der Waals surface area contributed by atoms with Crippen molar-refractivity contribution in [2.45, 2.75) is 33.1 Å². The molecule has 11 aromatic rings. The molecule has 64 heavy (non-hydrogen) atoms. The van der Waals surface area contributed by atoms with Crippen molar-refractivity contribution in [1.82, 2.24) is 0 Å². The van der Waals surface area contributed by atoms with Crippen LogP contribution in [0.25, 0.3) is 98.9 Å². The zero-order chi connectivity index (χ0) is 42.7. The van der Waals surface area contributed by atoms with Gasteiger partial charge < -0.3 is 8.83 Å². The standard InChI is InChI=1S/C61H45NO2/c1-3-39-37-55(52-22-13-25-57-59(52)53-23-12-21-51(61(53)64-57)50-20-11-19-49-48-18-9-10-24-56(48)63-60(49)50)62-54(33-26-38(2)58(39)47-32-27-41-16-7-8-17-42(41)36-47)46-31-30-44-34-43(28-29-45(44)35-46)40-14-5-4-6-15-40/h4-25,27-32,34-37,39H,3,26,33H2,1-2H3/b55-37-,58-38?,62-54?. The zero-order valence-electron chi connectivity index (χ0n) is 35.9. The molecule has 0 saturated carbocycles. The highest BCUT2D eigenvalue weighted by Gasteiger charge is 2.24. The number of rotatable bonds is 6. The average molecular weight is 824 g/mol. The first-order valence-corrected chi connectivity index (χ1v) is 22.5. The Morgan fingerprint density at radius 3 is 1.88 bits per heavy atom. The SMILES string of the molecule is CCC1/C=C(/c2cccc3oc4c(-c5cccc6c5oc5ccccc56)cccc4c23)N=C(c2ccc3cc(-c4ccccc4)ccc3c2)CCC(C)=C1c1ccc2ccccc2c1. The number of allylic oxidation sites excluding steroid dienone is 3. The van der Waals surface area contributed by atoms with Gasteiger partial charge in [0.25, 0.3) is 0 Å². The Labute approximate surface area is 372 Å². The maximum Gasteiger partial charge on any atom is 0.143 e. The van der Waals surface area contributed by atoms with Gasteiger partial charge in [-0.1, -0.05) is 176 Å². The van der Waals surface area contributed by atoms with Crippen LogP contribution in [0.3, 0.4) is 0 Å². The summed E-state index contributed by atoms with van der Waals surface area (Å²) < 4.78 is 13.5. The molecular weight excluding hydrogens is 779 g/mol. The van der Waals surface area contributed by atoms with E-state index in [1.54, 1.807) is 0 Å². The molecule has 0 amide bonds. The van der Waals surface area contributed by atoms with Crippen molar-refractivity contribution in [3.63, 3.8) is 0 Å². The predicted molar refractivity (Wildman–Crippen MR) is 270 cm³/mol. The van der Waals surface area contributed by atoms with E-state index in [-0.39, 0.29) is 5.92 Å². The van der Waals surface area contributed by atoms with Crippen LogP contribution in [0.4, 0.5) is 0 Å². The van der Waals surface area contributed by atoms with Gasteiger partial charge in [0.15, 0.2) is 0 Å². The molecule has 306 valence electrons. The van der Waals surface area contributed by atoms with Gasteiger partial charge in [-0.15, -0.1) is 0 Å². The molecule has 3 heterocycles. The van der Waals surface area contributed by atoms with Crippen LogP contribution >= 0.6 is 0 Å². The molecule has 12 rings (SSSR count). The number of furan rings is 2. The molecule has 0 saturated heterocycles. The predicted octanol–water partition coefficient (Wildman–Crippen LogP) is 17.2. The van der Waals surface area contributed by atoms with Crippen molar-refractivity contribution in [1.29, 1.82) is 0 Å². The van der Waals surface area contributed by atoms with E-state index in [9.17, 15) is 0 Å². The molecule has 0 bridgehead atoms. The average Bonchev–Trinajstić information content (AvgIpc) is 3.95. The molecule has 0 radical (unpaired) electrons. The number of para-hydroxylation sites is 3. The molecule has 3 nitrogen and oxygen atoms in total. The summed E-state index contributed by atoms with van der Waals surface area (Å²) in [6, 6.07) is 67.5. The van der Waals surface area contributed by atoms with Crippen LogP contribution in [0, 0.1) is 5.92 Å². The highest BCUT2D eigenvalue weighted by atomic mass is 16.3. The largest absolute Gasteiger partial charge is 0.455 e. The van der Waals surface area contributed by atoms with Gasteiger partial charge in [0.2, 0.25) is 0 Å². The van der Waals surface area contributed by atoms with E-state index >= 15 is 0 Å². The minimum Gasteiger partial charge on any atom is -0.455 e. The van der Waals surface area contributed by atoms with Gasteiger partial charge in [-0.2, -0.15) is 0 Å². The van der Waals surface area contributed by atoms with Crippen LogP contribution in [0.2, 0.25) is 0 Å². The molecule has 1 aliphatic rings. The van der Waals surface area contributed by atoms with Crippen LogP contribution in [0.5, 0.6) is 0 Å². The highest BCUT2D eigenvalue weighted by molar-refractivity contribution is 6.17. The summed E-state index contributed by atoms with van der Waals surface area (Å²) in [6.45, 7) is 4.64. The third kappa shape index (κ3) is 6.47. The fourth-order valence-electron chi connectivity index (χ4n) is 10.2. The van der Waals surface area contributed by atoms with Crippen molar-refractivity contribution < 1.29 is 8.83 Å². The van der Waals surface area contributed by atoms with Crippen molar-refractivity contribution in [3.05, 3.63) is 216 Å². The van der Waals surface area contributed by atoms with Gasteiger partial charge in [-0.3, -0.25) is 4.99 Å². The van der Waals surface area contributed by atoms with Crippen LogP contribution in [-0.4, -0.2) is 5.71 Å². The fraction of sp³-hybridized carbons (Fsp3) is 0.0984. The summed E-state index contributed by atoms with van der Waals surface area (Å²) in [4.78, 5) is 5.80. The zero-order valence-corrected chi connectivity index (χ0v) is 35.9. The first kappa shape index (κ1) is 38.0. The number of benzene rings is 9. The lowest BCUT2D eigenvalue weighted by Crippen LogP contribution is -2.04. The molecule has 9 aromatic carbocycles. The monoisotopic (exact) mass is 823 g/mol. The Hall–Kier alpha value is -7.75. The number of hydrogen-bond donors (Lipinski definition) is 0. The molecule has 0 spiro atoms. The van der Waals surface area contributed by atoms with Gasteiger partial charge in [0, 0.05) is 49.9 Å². The smallest absolute Gasteiger partial charge is 0.143 e. The Morgan fingerprint density at radius 1 is 0.469 bits per heavy atom. The van der Waals surface area contributed by atoms with Crippen LogP contribution < -0.4 is 0 Å². The third-order valence-electron chi connectivity index (χ3n) is 13.5. The number of nitrogens with zero attached hydrogens (tertiary/aromatic N) is 1. The van der Waals surface area contributed by atoms with E-state index in [0.717, 1.165) is 96.8 Å². The second-order valence-electron chi connectivity index (χ2n) is 17.3. The van der Waals surface area contributed by atoms with Crippen LogP contribution in [0.1, 0.15) is 49.8 Å². The summed E-state index contributed by atoms with van der Waals surface area (Å²) in [7, 11) is 0. The summed E-state index contributed by atoms with van der Waals surface area (Å²) in [6.07, 6.45) is 5.08. The Balaban J connectivity index is 1.05. The van der Waals surface area contributed by atoms with Crippen LogP contribution in [-0.2, 0) is 0 Å². The summed E-state index contributed by atoms with van der Waals surface area (Å²) in [5.41, 5.74) is 16.2. The molecule has 1 unspecified atom stereocenters. The molecule has 1 aliphatic heterocycles. The number of hydrogen-bond acceptors (Lipinski definition) is 3. The first-order valence-electron chi connectivity index (χ1n) is 22.5. The van der Waals surface area contributed by atoms with Gasteiger partial charge in [-0.05, 0) is 106 Å². The van der Waals surface area contributed by atoms with Crippen molar-refractivity contribution in [2.24, 2.45) is 10.9 Å². The molecule has 2 aromatic heterocycles. The minimum atomic E-state index is 0.127. The van der Waals surface area contributed by atoms with E-state index < -0.39 is 0 Å². The normalized spacial score (nSPS) is 15.8. The van der Waals surface area contributed by atoms with Crippen LogP contribution in [0.15, 0.2) is 214 Å². The minimum absolute atomic E-state index is 0.127. The first-order chi connectivity index (χ1) is 31.6. The van der Waals surface area contributed by atoms with E-state index in [2.05, 4.69) is 196 Å². The molecule has 0 fully saturated rings. The molecular formula is C61H45NO2. The summed E-state index contributed by atoms with van der Waals surface area (Å²) >= 11 is 0. The Kier molecular flexibility index (Phi) is 9.23. The third-order valence-corrected chi connectivity index (χ3v) is 13.5. The molecule has 1 atom stereocenters. The fourth-order valence-corrected chi connectivity index (χ4v) is 10.2. The highest BCUT2D eigenvalue weighted by Crippen LogP contribution is 2.44. The van der Waals surface area contributed by atoms with E-state index in [4.69, 9.17) is 13.8 Å². The van der Waals surface area contributed by atoms with Gasteiger partial charge in [-0.25, -0.2) is 0 Å². The Bertz CT molecular complexity index is 3730. The lowest BCUT2D eigenvalue weighted by Gasteiger charge is -2.21. The van der Waals surface area contributed by atoms with Gasteiger partial charge >= 0.3 is 0 Å². The molecule has 3 heteroatoms. The van der Waals surface area contributed by atoms with E-state index in [0.29, 0.717) is 0 Å². The van der Waals surface area contributed by atoms with Crippen molar-refractivity contribution in [3.8, 4) is 22.3 Å². The number of aliphatic imine (C=N–C) groups is 1. The lowest BCUT2D eigenvalue weighted by atomic mass is 9.84. The quantitative estimate of drug-likeness (QED) is 0.168. The second-order valence-corrected chi connectivity index (χ2v) is 17.3. The van der Waals surface area contributed by atoms with E-state index in [1.807, 2.05) is 12.1 Å². The summed E-state index contributed by atoms with van der Waals surface area (Å²) in [5, 5.41) is 9.27. The Morgan fingerprint density at radius 2 is 1.05 bits per heavy atom. The van der Waals surface area contributed by atoms with Gasteiger partial charge in [0.1, 0.15) is 22.3 Å². The summed E-state index contributed by atoms with van der Waals surface area (Å²) in [5.74, 6) is 0.127. The van der Waals surface area contributed by atoms with Gasteiger partial charge in [0.05, 0.1) is 5.70 Å². The van der Waals surface area contributed by atoms with Crippen molar-refractivity contribution >= 4 is 82.4 Å². The van der Waals surface area contributed by atoms with Crippen molar-refractivity contribution in [2.75, 3.05) is 0 Å². The maximum atomic E-state index is 6.95. The molecule has 0 aliphatic carbocycles. The van der Waals surface area contributed by atoms with E-state index in [1.165, 1.54) is 49.4 Å². The topological polar surface area (TPSA) is 38.6 Å². The molecule has 0 N–H and O–H groups in total. The second kappa shape index (κ2) is 15.6.